The smallest absolute Gasteiger partial charge is 0.311 e. The molecule has 0 aliphatic carbocycles. The third-order valence-electron chi connectivity index (χ3n) is 2.59. The van der Waals surface area contributed by atoms with E-state index in [4.69, 9.17) is 5.26 Å². The summed E-state index contributed by atoms with van der Waals surface area (Å²) >= 11 is 0. The van der Waals surface area contributed by atoms with Crippen molar-refractivity contribution in [3.05, 3.63) is 71.8 Å². The van der Waals surface area contributed by atoms with Gasteiger partial charge in [0.25, 0.3) is 0 Å². The lowest BCUT2D eigenvalue weighted by Crippen LogP contribution is -2.14. The Labute approximate surface area is 121 Å². The van der Waals surface area contributed by atoms with Crippen molar-refractivity contribution in [2.75, 3.05) is 0 Å². The number of Topliss-reactive ketones (excluding diaryl/α,β-unsaturated/α-hetero) is 1. The summed E-state index contributed by atoms with van der Waals surface area (Å²) in [6.07, 6.45) is 0. The van der Waals surface area contributed by atoms with Crippen LogP contribution in [0.5, 0.6) is 0 Å². The van der Waals surface area contributed by atoms with Gasteiger partial charge in [0.15, 0.2) is 0 Å². The lowest BCUT2D eigenvalue weighted by Gasteiger charge is -1.99. The summed E-state index contributed by atoms with van der Waals surface area (Å²) in [4.78, 5) is 28.3. The maximum atomic E-state index is 12.0. The number of hydrogen-bond acceptors (Lipinski definition) is 5. The molecule has 0 aliphatic heterocycles. The van der Waals surface area contributed by atoms with Crippen LogP contribution in [-0.2, 0) is 4.84 Å². The maximum absolute atomic E-state index is 12.0. The van der Waals surface area contributed by atoms with Crippen molar-refractivity contribution in [1.82, 2.24) is 0 Å². The Morgan fingerprint density at radius 3 is 1.95 bits per heavy atom. The van der Waals surface area contributed by atoms with Crippen molar-refractivity contribution in [2.24, 2.45) is 5.16 Å². The minimum atomic E-state index is -0.732. The molecular formula is C16H10N2O3. The standard InChI is InChI=1S/C16H10N2O3/c17-11-14(15(19)12-7-3-1-4-8-12)18-21-16(20)13-9-5-2-6-10-13/h1-10H. The molecule has 0 atom stereocenters. The predicted octanol–water partition coefficient (Wildman–Crippen LogP) is 2.61. The average Bonchev–Trinajstić information content (AvgIpc) is 2.56. The van der Waals surface area contributed by atoms with Crippen LogP contribution in [0.3, 0.4) is 0 Å². The van der Waals surface area contributed by atoms with Crippen molar-refractivity contribution in [3.8, 4) is 6.07 Å². The van der Waals surface area contributed by atoms with Crippen molar-refractivity contribution in [1.29, 1.82) is 5.26 Å². The second kappa shape index (κ2) is 6.78. The SMILES string of the molecule is N#CC(=NOC(=O)c1ccccc1)C(=O)c1ccccc1. The van der Waals surface area contributed by atoms with Crippen molar-refractivity contribution < 1.29 is 14.4 Å². The number of oxime groups is 1. The fourth-order valence-corrected chi connectivity index (χ4v) is 1.55. The highest BCUT2D eigenvalue weighted by molar-refractivity contribution is 6.51. The molecule has 102 valence electrons. The molecule has 5 nitrogen and oxygen atoms in total. The van der Waals surface area contributed by atoms with E-state index >= 15 is 0 Å². The zero-order chi connectivity index (χ0) is 15.1. The molecule has 2 rings (SSSR count). The van der Waals surface area contributed by atoms with Crippen LogP contribution in [0.25, 0.3) is 0 Å². The number of benzene rings is 2. The largest absolute Gasteiger partial charge is 0.365 e. The Balaban J connectivity index is 2.13. The van der Waals surface area contributed by atoms with Crippen LogP contribution in [-0.4, -0.2) is 17.5 Å². The summed E-state index contributed by atoms with van der Waals surface area (Å²) in [5.41, 5.74) is 0.102. The molecule has 0 bridgehead atoms. The first-order valence-electron chi connectivity index (χ1n) is 6.06. The van der Waals surface area contributed by atoms with Crippen molar-refractivity contribution in [2.45, 2.75) is 0 Å². The van der Waals surface area contributed by atoms with Gasteiger partial charge >= 0.3 is 5.97 Å². The molecule has 0 saturated carbocycles. The summed E-state index contributed by atoms with van der Waals surface area (Å²) in [7, 11) is 0. The van der Waals surface area contributed by atoms with Crippen LogP contribution in [0.4, 0.5) is 0 Å². The second-order valence-corrected chi connectivity index (χ2v) is 3.99. The van der Waals surface area contributed by atoms with E-state index < -0.39 is 17.5 Å². The molecule has 0 fully saturated rings. The van der Waals surface area contributed by atoms with Crippen LogP contribution in [0.15, 0.2) is 65.8 Å². The van der Waals surface area contributed by atoms with E-state index in [2.05, 4.69) is 9.99 Å². The minimum absolute atomic E-state index is 0.283. The van der Waals surface area contributed by atoms with E-state index in [9.17, 15) is 9.59 Å². The molecule has 2 aromatic rings. The first-order valence-corrected chi connectivity index (χ1v) is 6.06. The normalized spacial score (nSPS) is 10.5. The average molecular weight is 278 g/mol. The highest BCUT2D eigenvalue weighted by Crippen LogP contribution is 2.04. The number of hydrogen-bond donors (Lipinski definition) is 0. The van der Waals surface area contributed by atoms with E-state index in [0.717, 1.165) is 0 Å². The monoisotopic (exact) mass is 278 g/mol. The van der Waals surface area contributed by atoms with Gasteiger partial charge in [0, 0.05) is 5.56 Å². The molecule has 0 radical (unpaired) electrons. The zero-order valence-electron chi connectivity index (χ0n) is 10.9. The summed E-state index contributed by atoms with van der Waals surface area (Å²) in [6, 6.07) is 18.0. The number of rotatable bonds is 4. The molecule has 0 aromatic heterocycles. The Bertz CT molecular complexity index is 716. The van der Waals surface area contributed by atoms with Crippen LogP contribution in [0.1, 0.15) is 20.7 Å². The predicted molar refractivity (Wildman–Crippen MR) is 75.7 cm³/mol. The van der Waals surface area contributed by atoms with E-state index in [1.807, 2.05) is 0 Å². The quantitative estimate of drug-likeness (QED) is 0.372. The third kappa shape index (κ3) is 3.61. The van der Waals surface area contributed by atoms with Gasteiger partial charge in [-0.1, -0.05) is 53.7 Å². The summed E-state index contributed by atoms with van der Waals surface area (Å²) in [5.74, 6) is -1.33. The van der Waals surface area contributed by atoms with Crippen LogP contribution in [0, 0.1) is 11.3 Å². The molecule has 0 amide bonds. The molecule has 21 heavy (non-hydrogen) atoms. The first kappa shape index (κ1) is 14.2. The zero-order valence-corrected chi connectivity index (χ0v) is 10.9. The fourth-order valence-electron chi connectivity index (χ4n) is 1.55. The Hall–Kier alpha value is -3.26. The topological polar surface area (TPSA) is 79.5 Å². The van der Waals surface area contributed by atoms with Gasteiger partial charge in [-0.2, -0.15) is 5.26 Å². The van der Waals surface area contributed by atoms with Gasteiger partial charge in [-0.15, -0.1) is 0 Å². The van der Waals surface area contributed by atoms with Gasteiger partial charge in [-0.3, -0.25) is 4.79 Å². The Morgan fingerprint density at radius 2 is 1.43 bits per heavy atom. The molecule has 0 spiro atoms. The second-order valence-electron chi connectivity index (χ2n) is 3.99. The Kier molecular flexibility index (Phi) is 4.57. The lowest BCUT2D eigenvalue weighted by atomic mass is 10.1. The van der Waals surface area contributed by atoms with Gasteiger partial charge in [-0.25, -0.2) is 4.79 Å². The maximum Gasteiger partial charge on any atom is 0.365 e. The van der Waals surface area contributed by atoms with Crippen LogP contribution in [0.2, 0.25) is 0 Å². The van der Waals surface area contributed by atoms with Gasteiger partial charge in [0.2, 0.25) is 11.5 Å². The molecule has 0 N–H and O–H groups in total. The number of ketones is 1. The lowest BCUT2D eigenvalue weighted by molar-refractivity contribution is 0.0516. The summed E-state index contributed by atoms with van der Waals surface area (Å²) in [6.45, 7) is 0. The number of nitriles is 1. The van der Waals surface area contributed by atoms with E-state index in [-0.39, 0.29) is 5.56 Å². The van der Waals surface area contributed by atoms with E-state index in [0.29, 0.717) is 5.56 Å². The fraction of sp³-hybridized carbons (Fsp3) is 0. The van der Waals surface area contributed by atoms with Gasteiger partial charge in [0.1, 0.15) is 6.07 Å². The highest BCUT2D eigenvalue weighted by atomic mass is 16.7. The minimum Gasteiger partial charge on any atom is -0.311 e. The number of carbonyl (C=O) groups excluding carboxylic acids is 2. The first-order chi connectivity index (χ1) is 10.2. The summed E-state index contributed by atoms with van der Waals surface area (Å²) in [5, 5.41) is 12.3. The molecule has 0 aliphatic rings. The van der Waals surface area contributed by atoms with Gasteiger partial charge in [0.05, 0.1) is 5.56 Å². The highest BCUT2D eigenvalue weighted by Gasteiger charge is 2.15. The molecule has 0 saturated heterocycles. The third-order valence-corrected chi connectivity index (χ3v) is 2.59. The Morgan fingerprint density at radius 1 is 0.905 bits per heavy atom. The van der Waals surface area contributed by atoms with Crippen molar-refractivity contribution >= 4 is 17.5 Å². The molecular weight excluding hydrogens is 268 g/mol. The van der Waals surface area contributed by atoms with Gasteiger partial charge in [-0.05, 0) is 12.1 Å². The number of carbonyl (C=O) groups is 2. The van der Waals surface area contributed by atoms with Crippen LogP contribution < -0.4 is 0 Å². The van der Waals surface area contributed by atoms with E-state index in [1.54, 1.807) is 66.7 Å². The van der Waals surface area contributed by atoms with Crippen molar-refractivity contribution in [3.63, 3.8) is 0 Å². The molecule has 0 unspecified atom stereocenters. The summed E-state index contributed by atoms with van der Waals surface area (Å²) < 4.78 is 0. The number of nitrogens with zero attached hydrogens (tertiary/aromatic N) is 2. The molecule has 0 heterocycles. The van der Waals surface area contributed by atoms with Crippen LogP contribution >= 0.6 is 0 Å². The molecule has 2 aromatic carbocycles. The molecule has 5 heteroatoms. The van der Waals surface area contributed by atoms with E-state index in [1.165, 1.54) is 0 Å². The van der Waals surface area contributed by atoms with Gasteiger partial charge < -0.3 is 4.84 Å².